The fourth-order valence-corrected chi connectivity index (χ4v) is 3.59. The molecule has 0 aliphatic heterocycles. The van der Waals surface area contributed by atoms with Crippen molar-refractivity contribution >= 4 is 50.8 Å². The number of sulfonamides is 1. The fraction of sp³-hybridized carbons (Fsp3) is 0.0500. The van der Waals surface area contributed by atoms with Gasteiger partial charge < -0.3 is 9.84 Å². The normalized spacial score (nSPS) is 11.3. The SMILES string of the molecule is Cc1cc(NS(=O)(=O)c2ccc(NC(=S)NC(=O)/C=C/c3ccc(F)cc3)cc2)no1. The molecule has 3 aromatic rings. The van der Waals surface area contributed by atoms with Gasteiger partial charge in [0, 0.05) is 17.8 Å². The summed E-state index contributed by atoms with van der Waals surface area (Å²) in [5.41, 5.74) is 1.13. The lowest BCUT2D eigenvalue weighted by Crippen LogP contribution is -2.32. The molecule has 1 amide bonds. The molecule has 0 saturated heterocycles. The van der Waals surface area contributed by atoms with Crippen molar-refractivity contribution in [3.63, 3.8) is 0 Å². The second kappa shape index (κ2) is 9.49. The maximum absolute atomic E-state index is 12.9. The monoisotopic (exact) mass is 460 g/mol. The van der Waals surface area contributed by atoms with E-state index in [1.807, 2.05) is 0 Å². The van der Waals surface area contributed by atoms with Crippen molar-refractivity contribution in [2.24, 2.45) is 0 Å². The number of nitrogens with one attached hydrogen (secondary N) is 3. The van der Waals surface area contributed by atoms with Crippen LogP contribution < -0.4 is 15.4 Å². The van der Waals surface area contributed by atoms with Crippen LogP contribution in [0.4, 0.5) is 15.9 Å². The highest BCUT2D eigenvalue weighted by atomic mass is 32.2. The molecule has 0 unspecified atom stereocenters. The van der Waals surface area contributed by atoms with E-state index in [9.17, 15) is 17.6 Å². The lowest BCUT2D eigenvalue weighted by Gasteiger charge is -2.09. The van der Waals surface area contributed by atoms with E-state index >= 15 is 0 Å². The molecule has 0 saturated carbocycles. The number of nitrogens with zero attached hydrogens (tertiary/aromatic N) is 1. The molecule has 2 aromatic carbocycles. The molecule has 3 rings (SSSR count). The molecule has 3 N–H and O–H groups in total. The first-order chi connectivity index (χ1) is 14.7. The van der Waals surface area contributed by atoms with Crippen molar-refractivity contribution in [2.45, 2.75) is 11.8 Å². The first-order valence-corrected chi connectivity index (χ1v) is 10.7. The van der Waals surface area contributed by atoms with Crippen LogP contribution in [-0.4, -0.2) is 24.6 Å². The van der Waals surface area contributed by atoms with Gasteiger partial charge in [-0.05, 0) is 67.2 Å². The Labute approximate surface area is 183 Å². The molecule has 0 atom stereocenters. The van der Waals surface area contributed by atoms with Gasteiger partial charge in [-0.1, -0.05) is 17.3 Å². The van der Waals surface area contributed by atoms with E-state index < -0.39 is 15.9 Å². The van der Waals surface area contributed by atoms with Crippen LogP contribution in [0.5, 0.6) is 0 Å². The smallest absolute Gasteiger partial charge is 0.263 e. The van der Waals surface area contributed by atoms with Gasteiger partial charge in [-0.3, -0.25) is 14.8 Å². The molecule has 160 valence electrons. The van der Waals surface area contributed by atoms with Crippen molar-refractivity contribution in [1.82, 2.24) is 10.5 Å². The summed E-state index contributed by atoms with van der Waals surface area (Å²) in [7, 11) is -3.84. The van der Waals surface area contributed by atoms with Crippen LogP contribution in [0.25, 0.3) is 6.08 Å². The Hall–Kier alpha value is -3.57. The van der Waals surface area contributed by atoms with Crippen LogP contribution in [0.3, 0.4) is 0 Å². The van der Waals surface area contributed by atoms with E-state index in [0.29, 0.717) is 17.0 Å². The Balaban J connectivity index is 1.55. The first kappa shape index (κ1) is 22.1. The lowest BCUT2D eigenvalue weighted by atomic mass is 10.2. The summed E-state index contributed by atoms with van der Waals surface area (Å²) in [6.07, 6.45) is 2.77. The molecule has 0 spiro atoms. The maximum Gasteiger partial charge on any atom is 0.263 e. The van der Waals surface area contributed by atoms with Gasteiger partial charge in [0.15, 0.2) is 10.9 Å². The molecule has 1 heterocycles. The van der Waals surface area contributed by atoms with Gasteiger partial charge in [-0.25, -0.2) is 12.8 Å². The van der Waals surface area contributed by atoms with Crippen LogP contribution in [0, 0.1) is 12.7 Å². The average molecular weight is 461 g/mol. The zero-order chi connectivity index (χ0) is 22.4. The van der Waals surface area contributed by atoms with Crippen molar-refractivity contribution in [3.05, 3.63) is 77.8 Å². The topological polar surface area (TPSA) is 113 Å². The number of rotatable bonds is 6. The van der Waals surface area contributed by atoms with Crippen LogP contribution in [0.1, 0.15) is 11.3 Å². The fourth-order valence-electron chi connectivity index (χ4n) is 2.39. The number of aromatic nitrogens is 1. The van der Waals surface area contributed by atoms with Gasteiger partial charge in [-0.15, -0.1) is 0 Å². The summed E-state index contributed by atoms with van der Waals surface area (Å²) in [5.74, 6) is -0.291. The summed E-state index contributed by atoms with van der Waals surface area (Å²) in [4.78, 5) is 12.0. The Bertz CT molecular complexity index is 1220. The van der Waals surface area contributed by atoms with Crippen LogP contribution >= 0.6 is 12.2 Å². The highest BCUT2D eigenvalue weighted by Gasteiger charge is 2.16. The molecule has 0 fully saturated rings. The molecule has 0 aliphatic carbocycles. The van der Waals surface area contributed by atoms with E-state index in [-0.39, 0.29) is 21.6 Å². The van der Waals surface area contributed by atoms with Crippen LogP contribution in [0.15, 0.2) is 70.1 Å². The van der Waals surface area contributed by atoms with E-state index in [2.05, 4.69) is 20.5 Å². The summed E-state index contributed by atoms with van der Waals surface area (Å²) >= 11 is 5.08. The Morgan fingerprint density at radius 2 is 1.81 bits per heavy atom. The van der Waals surface area contributed by atoms with E-state index in [1.54, 1.807) is 6.92 Å². The van der Waals surface area contributed by atoms with Crippen molar-refractivity contribution in [1.29, 1.82) is 0 Å². The second-order valence-electron chi connectivity index (χ2n) is 6.28. The third kappa shape index (κ3) is 6.46. The molecule has 8 nitrogen and oxygen atoms in total. The summed E-state index contributed by atoms with van der Waals surface area (Å²) in [6, 6.07) is 12.8. The Morgan fingerprint density at radius 3 is 2.42 bits per heavy atom. The number of hydrogen-bond acceptors (Lipinski definition) is 6. The molecule has 31 heavy (non-hydrogen) atoms. The van der Waals surface area contributed by atoms with Crippen LogP contribution in [0.2, 0.25) is 0 Å². The minimum Gasteiger partial charge on any atom is -0.360 e. The van der Waals surface area contributed by atoms with Crippen molar-refractivity contribution in [2.75, 3.05) is 10.0 Å². The summed E-state index contributed by atoms with van der Waals surface area (Å²) < 4.78 is 44.8. The number of carbonyl (C=O) groups excluding carboxylic acids is 1. The number of benzene rings is 2. The van der Waals surface area contributed by atoms with Gasteiger partial charge >= 0.3 is 0 Å². The van der Waals surface area contributed by atoms with Gasteiger partial charge in [0.2, 0.25) is 5.91 Å². The standard InChI is InChI=1S/C20H17FN4O4S2/c1-13-12-18(24-29-13)25-31(27,28)17-9-7-16(8-10-17)22-20(30)23-19(26)11-4-14-2-5-15(21)6-3-14/h2-12H,1H3,(H,24,25)(H2,22,23,26,30)/b11-4+. The van der Waals surface area contributed by atoms with E-state index in [1.165, 1.54) is 66.7 Å². The Morgan fingerprint density at radius 1 is 1.13 bits per heavy atom. The molecule has 0 aliphatic rings. The first-order valence-electron chi connectivity index (χ1n) is 8.83. The van der Waals surface area contributed by atoms with Crippen molar-refractivity contribution < 1.29 is 22.1 Å². The third-order valence-electron chi connectivity index (χ3n) is 3.82. The quantitative estimate of drug-likeness (QED) is 0.381. The molecule has 1 aromatic heterocycles. The van der Waals surface area contributed by atoms with Gasteiger partial charge in [0.05, 0.1) is 4.90 Å². The highest BCUT2D eigenvalue weighted by Crippen LogP contribution is 2.18. The number of carbonyl (C=O) groups is 1. The molecular weight excluding hydrogens is 443 g/mol. The summed E-state index contributed by atoms with van der Waals surface area (Å²) in [5, 5.41) is 8.87. The number of aryl methyl sites for hydroxylation is 1. The summed E-state index contributed by atoms with van der Waals surface area (Å²) in [6.45, 7) is 1.64. The van der Waals surface area contributed by atoms with Crippen molar-refractivity contribution in [3.8, 4) is 0 Å². The predicted octanol–water partition coefficient (Wildman–Crippen LogP) is 3.45. The van der Waals surface area contributed by atoms with Gasteiger partial charge in [-0.2, -0.15) is 0 Å². The number of thiocarbonyl (C=S) groups is 1. The molecule has 0 radical (unpaired) electrons. The third-order valence-corrected chi connectivity index (χ3v) is 5.40. The highest BCUT2D eigenvalue weighted by molar-refractivity contribution is 7.92. The number of amides is 1. The molecular formula is C20H17FN4O4S2. The minimum atomic E-state index is -3.84. The van der Waals surface area contributed by atoms with Gasteiger partial charge in [0.1, 0.15) is 11.6 Å². The zero-order valence-electron chi connectivity index (χ0n) is 16.1. The number of hydrogen-bond donors (Lipinski definition) is 3. The Kier molecular flexibility index (Phi) is 6.78. The average Bonchev–Trinajstić information content (AvgIpc) is 3.11. The molecule has 11 heteroatoms. The van der Waals surface area contributed by atoms with E-state index in [0.717, 1.165) is 0 Å². The van der Waals surface area contributed by atoms with E-state index in [4.69, 9.17) is 16.7 Å². The lowest BCUT2D eigenvalue weighted by molar-refractivity contribution is -0.115. The molecule has 0 bridgehead atoms. The second-order valence-corrected chi connectivity index (χ2v) is 8.37. The minimum absolute atomic E-state index is 0.0101. The van der Waals surface area contributed by atoms with Crippen LogP contribution in [-0.2, 0) is 14.8 Å². The largest absolute Gasteiger partial charge is 0.360 e. The van der Waals surface area contributed by atoms with Gasteiger partial charge in [0.25, 0.3) is 10.0 Å². The number of halogens is 1. The maximum atomic E-state index is 12.9. The zero-order valence-corrected chi connectivity index (χ0v) is 17.8. The predicted molar refractivity (Wildman–Crippen MR) is 118 cm³/mol. The number of anilines is 2.